The van der Waals surface area contributed by atoms with E-state index in [1.165, 1.54) is 18.4 Å². The largest absolute Gasteiger partial charge is 0.491 e. The van der Waals surface area contributed by atoms with Crippen molar-refractivity contribution in [1.29, 1.82) is 0 Å². The maximum atomic E-state index is 9.93. The maximum absolute atomic E-state index is 9.93. The van der Waals surface area contributed by atoms with E-state index >= 15 is 0 Å². The van der Waals surface area contributed by atoms with Gasteiger partial charge in [0, 0.05) is 6.61 Å². The van der Waals surface area contributed by atoms with E-state index in [2.05, 4.69) is 6.07 Å². The first-order valence-electron chi connectivity index (χ1n) is 7.38. The SMILES string of the molecule is OC1CCCc2cc(OCC3CCCCO3)ccc21. The van der Waals surface area contributed by atoms with Gasteiger partial charge in [-0.05, 0) is 61.8 Å². The van der Waals surface area contributed by atoms with Crippen LogP contribution in [-0.2, 0) is 11.2 Å². The highest BCUT2D eigenvalue weighted by molar-refractivity contribution is 5.38. The van der Waals surface area contributed by atoms with Crippen molar-refractivity contribution >= 4 is 0 Å². The number of aryl methyl sites for hydroxylation is 1. The van der Waals surface area contributed by atoms with Crippen LogP contribution in [0.15, 0.2) is 18.2 Å². The first kappa shape index (κ1) is 12.9. The molecule has 0 amide bonds. The van der Waals surface area contributed by atoms with Crippen LogP contribution in [0.25, 0.3) is 0 Å². The van der Waals surface area contributed by atoms with E-state index < -0.39 is 0 Å². The van der Waals surface area contributed by atoms with Crippen molar-refractivity contribution in [3.63, 3.8) is 0 Å². The van der Waals surface area contributed by atoms with Crippen LogP contribution < -0.4 is 4.74 Å². The molecule has 2 atom stereocenters. The number of hydrogen-bond acceptors (Lipinski definition) is 3. The van der Waals surface area contributed by atoms with E-state index in [4.69, 9.17) is 9.47 Å². The molecular weight excluding hydrogens is 240 g/mol. The molecular formula is C16H22O3. The lowest BCUT2D eigenvalue weighted by Gasteiger charge is -2.24. The van der Waals surface area contributed by atoms with Crippen LogP contribution in [-0.4, -0.2) is 24.4 Å². The summed E-state index contributed by atoms with van der Waals surface area (Å²) in [4.78, 5) is 0. The Kier molecular flexibility index (Phi) is 4.04. The summed E-state index contributed by atoms with van der Waals surface area (Å²) < 4.78 is 11.5. The van der Waals surface area contributed by atoms with E-state index in [1.807, 2.05) is 12.1 Å². The Labute approximate surface area is 114 Å². The van der Waals surface area contributed by atoms with E-state index in [0.29, 0.717) is 6.61 Å². The van der Waals surface area contributed by atoms with Crippen molar-refractivity contribution in [3.05, 3.63) is 29.3 Å². The fourth-order valence-corrected chi connectivity index (χ4v) is 2.98. The van der Waals surface area contributed by atoms with Gasteiger partial charge in [-0.3, -0.25) is 0 Å². The second kappa shape index (κ2) is 5.93. The Hall–Kier alpha value is -1.06. The number of aliphatic hydroxyl groups excluding tert-OH is 1. The Morgan fingerprint density at radius 3 is 3.00 bits per heavy atom. The third-order valence-electron chi connectivity index (χ3n) is 4.11. The predicted molar refractivity (Wildman–Crippen MR) is 73.4 cm³/mol. The molecule has 3 rings (SSSR count). The van der Waals surface area contributed by atoms with Crippen molar-refractivity contribution in [1.82, 2.24) is 0 Å². The van der Waals surface area contributed by atoms with Gasteiger partial charge >= 0.3 is 0 Å². The normalized spacial score (nSPS) is 26.8. The monoisotopic (exact) mass is 262 g/mol. The number of ether oxygens (including phenoxy) is 2. The fourth-order valence-electron chi connectivity index (χ4n) is 2.98. The second-order valence-corrected chi connectivity index (χ2v) is 5.57. The van der Waals surface area contributed by atoms with Crippen LogP contribution in [0.4, 0.5) is 0 Å². The van der Waals surface area contributed by atoms with E-state index in [-0.39, 0.29) is 12.2 Å². The lowest BCUT2D eigenvalue weighted by Crippen LogP contribution is -2.25. The van der Waals surface area contributed by atoms with Crippen LogP contribution in [0, 0.1) is 0 Å². The van der Waals surface area contributed by atoms with Gasteiger partial charge in [-0.1, -0.05) is 6.07 Å². The Morgan fingerprint density at radius 2 is 2.16 bits per heavy atom. The first-order chi connectivity index (χ1) is 9.33. The molecule has 1 N–H and O–H groups in total. The lowest BCUT2D eigenvalue weighted by molar-refractivity contribution is -0.0111. The average molecular weight is 262 g/mol. The van der Waals surface area contributed by atoms with Crippen LogP contribution in [0.5, 0.6) is 5.75 Å². The Morgan fingerprint density at radius 1 is 1.21 bits per heavy atom. The van der Waals surface area contributed by atoms with Gasteiger partial charge in [-0.25, -0.2) is 0 Å². The highest BCUT2D eigenvalue weighted by Crippen LogP contribution is 2.32. The summed E-state index contributed by atoms with van der Waals surface area (Å²) in [6.07, 6.45) is 6.45. The molecule has 2 unspecified atom stereocenters. The van der Waals surface area contributed by atoms with Crippen molar-refractivity contribution < 1.29 is 14.6 Å². The topological polar surface area (TPSA) is 38.7 Å². The summed E-state index contributed by atoms with van der Waals surface area (Å²) in [6.45, 7) is 1.51. The highest BCUT2D eigenvalue weighted by Gasteiger charge is 2.19. The highest BCUT2D eigenvalue weighted by atomic mass is 16.5. The molecule has 104 valence electrons. The molecule has 0 spiro atoms. The summed E-state index contributed by atoms with van der Waals surface area (Å²) >= 11 is 0. The molecule has 1 heterocycles. The fraction of sp³-hybridized carbons (Fsp3) is 0.625. The van der Waals surface area contributed by atoms with Crippen molar-refractivity contribution in [3.8, 4) is 5.75 Å². The number of aliphatic hydroxyl groups is 1. The lowest BCUT2D eigenvalue weighted by atomic mass is 9.89. The molecule has 0 saturated carbocycles. The van der Waals surface area contributed by atoms with Crippen LogP contribution in [0.1, 0.15) is 49.3 Å². The van der Waals surface area contributed by atoms with Gasteiger partial charge in [0.25, 0.3) is 0 Å². The molecule has 1 aromatic carbocycles. The molecule has 0 bridgehead atoms. The average Bonchev–Trinajstić information content (AvgIpc) is 2.46. The minimum absolute atomic E-state index is 0.246. The zero-order valence-electron chi connectivity index (χ0n) is 11.3. The zero-order chi connectivity index (χ0) is 13.1. The number of rotatable bonds is 3. The molecule has 1 aromatic rings. The van der Waals surface area contributed by atoms with Gasteiger partial charge in [-0.2, -0.15) is 0 Å². The number of benzene rings is 1. The molecule has 0 radical (unpaired) electrons. The summed E-state index contributed by atoms with van der Waals surface area (Å²) in [5, 5.41) is 9.93. The molecule has 2 aliphatic rings. The third kappa shape index (κ3) is 3.10. The first-order valence-corrected chi connectivity index (χ1v) is 7.38. The molecule has 1 aliphatic heterocycles. The number of hydrogen-bond donors (Lipinski definition) is 1. The zero-order valence-corrected chi connectivity index (χ0v) is 11.3. The summed E-state index contributed by atoms with van der Waals surface area (Å²) in [6, 6.07) is 6.06. The van der Waals surface area contributed by atoms with Crippen LogP contribution in [0.2, 0.25) is 0 Å². The summed E-state index contributed by atoms with van der Waals surface area (Å²) in [7, 11) is 0. The van der Waals surface area contributed by atoms with Crippen molar-refractivity contribution in [2.24, 2.45) is 0 Å². The third-order valence-corrected chi connectivity index (χ3v) is 4.11. The van der Waals surface area contributed by atoms with Gasteiger partial charge in [0.05, 0.1) is 12.2 Å². The summed E-state index contributed by atoms with van der Waals surface area (Å²) in [5.41, 5.74) is 2.31. The van der Waals surface area contributed by atoms with Crippen LogP contribution in [0.3, 0.4) is 0 Å². The summed E-state index contributed by atoms with van der Waals surface area (Å²) in [5.74, 6) is 0.905. The quantitative estimate of drug-likeness (QED) is 0.910. The maximum Gasteiger partial charge on any atom is 0.119 e. The van der Waals surface area contributed by atoms with E-state index in [9.17, 15) is 5.11 Å². The minimum Gasteiger partial charge on any atom is -0.491 e. The number of fused-ring (bicyclic) bond motifs is 1. The van der Waals surface area contributed by atoms with Gasteiger partial charge in [0.1, 0.15) is 12.4 Å². The van der Waals surface area contributed by atoms with E-state index in [1.54, 1.807) is 0 Å². The van der Waals surface area contributed by atoms with Gasteiger partial charge < -0.3 is 14.6 Å². The molecule has 3 nitrogen and oxygen atoms in total. The molecule has 1 saturated heterocycles. The molecule has 0 aromatic heterocycles. The predicted octanol–water partition coefficient (Wildman–Crippen LogP) is 3.00. The molecule has 1 aliphatic carbocycles. The molecule has 19 heavy (non-hydrogen) atoms. The minimum atomic E-state index is -0.292. The van der Waals surface area contributed by atoms with E-state index in [0.717, 1.165) is 43.6 Å². The van der Waals surface area contributed by atoms with Gasteiger partial charge in [0.15, 0.2) is 0 Å². The Balaban J connectivity index is 1.62. The van der Waals surface area contributed by atoms with Crippen molar-refractivity contribution in [2.45, 2.75) is 50.7 Å². The van der Waals surface area contributed by atoms with Crippen molar-refractivity contribution in [2.75, 3.05) is 13.2 Å². The van der Waals surface area contributed by atoms with Gasteiger partial charge in [0.2, 0.25) is 0 Å². The Bertz CT molecular complexity index is 424. The smallest absolute Gasteiger partial charge is 0.119 e. The van der Waals surface area contributed by atoms with Crippen LogP contribution >= 0.6 is 0 Å². The molecule has 3 heteroatoms. The molecule has 1 fully saturated rings. The van der Waals surface area contributed by atoms with Gasteiger partial charge in [-0.15, -0.1) is 0 Å². The second-order valence-electron chi connectivity index (χ2n) is 5.57. The standard InChI is InChI=1S/C16H22O3/c17-16-6-3-4-12-10-13(7-8-15(12)16)19-11-14-5-1-2-9-18-14/h7-8,10,14,16-17H,1-6,9,11H2.